The lowest BCUT2D eigenvalue weighted by Crippen LogP contribution is -2.19. The van der Waals surface area contributed by atoms with Crippen LogP contribution in [0.2, 0.25) is 0 Å². The summed E-state index contributed by atoms with van der Waals surface area (Å²) in [6.45, 7) is 39.3. The van der Waals surface area contributed by atoms with E-state index < -0.39 is 0 Å². The first-order valence-electron chi connectivity index (χ1n) is 19.6. The van der Waals surface area contributed by atoms with E-state index in [2.05, 4.69) is 191 Å². The summed E-state index contributed by atoms with van der Waals surface area (Å²) in [7, 11) is 0. The fourth-order valence-electron chi connectivity index (χ4n) is 4.52. The fraction of sp³-hybridized carbons (Fsp3) is 0.490. The van der Waals surface area contributed by atoms with E-state index in [0.717, 1.165) is 5.76 Å². The van der Waals surface area contributed by atoms with E-state index in [4.69, 9.17) is 4.42 Å². The lowest BCUT2D eigenvalue weighted by Gasteiger charge is -2.19. The van der Waals surface area contributed by atoms with E-state index in [0.29, 0.717) is 5.41 Å². The third-order valence-corrected chi connectivity index (χ3v) is 9.58. The van der Waals surface area contributed by atoms with Crippen LogP contribution in [-0.4, -0.2) is 24.5 Å². The monoisotopic (exact) mass is 782 g/mol. The Labute approximate surface area is 345 Å². The van der Waals surface area contributed by atoms with Crippen LogP contribution >= 0.6 is 11.3 Å². The summed E-state index contributed by atoms with van der Waals surface area (Å²) in [5.74, 6) is 1.04. The molecule has 6 nitrogen and oxygen atoms in total. The molecule has 56 heavy (non-hydrogen) atoms. The highest BCUT2D eigenvalue weighted by atomic mass is 32.1. The molecule has 6 aromatic heterocycles. The molecule has 308 valence electrons. The number of nitrogens with zero attached hydrogens (tertiary/aromatic N) is 4. The Morgan fingerprint density at radius 2 is 1.16 bits per heavy atom. The maximum absolute atomic E-state index is 5.20. The van der Waals surface area contributed by atoms with Crippen LogP contribution in [0.5, 0.6) is 0 Å². The van der Waals surface area contributed by atoms with Crippen LogP contribution < -0.4 is 0 Å². The molecule has 0 saturated heterocycles. The van der Waals surface area contributed by atoms with Gasteiger partial charge in [-0.05, 0) is 102 Å². The SMILES string of the molecule is CC(C)(C)c1ccc[nH]1.CC(C)(C)c1cccnc1.CC(C)(C)c1ccco1.CC(C)(C)c1cccs1.CC(C)(C)c1ccncc1.CC(C)(C)n1ccnc1. The van der Waals surface area contributed by atoms with Gasteiger partial charge in [-0.15, -0.1) is 11.3 Å². The molecule has 0 saturated carbocycles. The Bertz CT molecular complexity index is 1560. The molecule has 0 aliphatic rings. The Kier molecular flexibility index (Phi) is 19.5. The summed E-state index contributed by atoms with van der Waals surface area (Å²) in [6, 6.07) is 20.5. The van der Waals surface area contributed by atoms with Crippen molar-refractivity contribution in [3.63, 3.8) is 0 Å². The summed E-state index contributed by atoms with van der Waals surface area (Å²) in [4.78, 5) is 16.6. The molecule has 0 atom stereocenters. The van der Waals surface area contributed by atoms with Crippen molar-refractivity contribution in [2.45, 2.75) is 157 Å². The molecular formula is C49H75N5OS. The number of imidazole rings is 1. The summed E-state index contributed by atoms with van der Waals surface area (Å²) >= 11 is 1.83. The number of hydrogen-bond donors (Lipinski definition) is 1. The number of pyridine rings is 2. The van der Waals surface area contributed by atoms with Crippen LogP contribution in [0, 0.1) is 0 Å². The van der Waals surface area contributed by atoms with Gasteiger partial charge < -0.3 is 14.0 Å². The van der Waals surface area contributed by atoms with Gasteiger partial charge in [0, 0.05) is 70.3 Å². The van der Waals surface area contributed by atoms with E-state index in [9.17, 15) is 0 Å². The second kappa shape index (κ2) is 21.9. The second-order valence-electron chi connectivity index (χ2n) is 19.9. The number of nitrogens with one attached hydrogen (secondary N) is 1. The normalized spacial score (nSPS) is 11.8. The minimum absolute atomic E-state index is 0.156. The van der Waals surface area contributed by atoms with Gasteiger partial charge in [0.1, 0.15) is 5.76 Å². The quantitative estimate of drug-likeness (QED) is 0.167. The highest BCUT2D eigenvalue weighted by Gasteiger charge is 2.16. The molecule has 0 aliphatic heterocycles. The maximum Gasteiger partial charge on any atom is 0.109 e. The van der Waals surface area contributed by atoms with Crippen LogP contribution in [0.15, 0.2) is 126 Å². The van der Waals surface area contributed by atoms with Gasteiger partial charge >= 0.3 is 0 Å². The average Bonchev–Trinajstić information content (AvgIpc) is 3.94. The average molecular weight is 782 g/mol. The zero-order chi connectivity index (χ0) is 42.8. The van der Waals surface area contributed by atoms with Crippen molar-refractivity contribution in [1.82, 2.24) is 24.5 Å². The van der Waals surface area contributed by atoms with Crippen molar-refractivity contribution in [2.24, 2.45) is 0 Å². The Morgan fingerprint density at radius 1 is 0.536 bits per heavy atom. The van der Waals surface area contributed by atoms with Gasteiger partial charge in [0.25, 0.3) is 0 Å². The fourth-order valence-corrected chi connectivity index (χ4v) is 5.34. The van der Waals surface area contributed by atoms with Crippen LogP contribution in [-0.2, 0) is 32.6 Å². The second-order valence-corrected chi connectivity index (χ2v) is 20.9. The first-order valence-corrected chi connectivity index (χ1v) is 20.5. The van der Waals surface area contributed by atoms with Crippen LogP contribution in [0.3, 0.4) is 0 Å². The predicted molar refractivity (Wildman–Crippen MR) is 243 cm³/mol. The topological polar surface area (TPSA) is 72.5 Å². The van der Waals surface area contributed by atoms with Crippen molar-refractivity contribution < 1.29 is 4.42 Å². The third-order valence-electron chi connectivity index (χ3n) is 8.28. The van der Waals surface area contributed by atoms with Crippen molar-refractivity contribution in [2.75, 3.05) is 0 Å². The van der Waals surface area contributed by atoms with Gasteiger partial charge in [-0.3, -0.25) is 9.97 Å². The lowest BCUT2D eigenvalue weighted by atomic mass is 9.88. The number of H-pyrrole nitrogens is 1. The Hall–Kier alpha value is -4.23. The molecule has 6 rings (SSSR count). The number of rotatable bonds is 0. The molecule has 6 heterocycles. The largest absolute Gasteiger partial charge is 0.469 e. The molecule has 7 heteroatoms. The van der Waals surface area contributed by atoms with Crippen molar-refractivity contribution >= 4 is 11.3 Å². The van der Waals surface area contributed by atoms with Crippen LogP contribution in [0.1, 0.15) is 152 Å². The number of aromatic amines is 1. The predicted octanol–water partition coefficient (Wildman–Crippen LogP) is 14.3. The summed E-state index contributed by atoms with van der Waals surface area (Å²) in [5, 5.41) is 2.13. The molecule has 1 N–H and O–H groups in total. The van der Waals surface area contributed by atoms with Gasteiger partial charge in [-0.1, -0.05) is 116 Å². The highest BCUT2D eigenvalue weighted by Crippen LogP contribution is 2.26. The first-order chi connectivity index (χ1) is 25.6. The maximum atomic E-state index is 5.20. The standard InChI is InChI=1S/2C9H13N.C8H13N.C8H12O.C8H12S.C7H12N2/c1-9(2,3)8-4-6-10-7-5-8;1-9(2,3)8-5-4-6-10-7-8;3*1-8(2,3)7-5-4-6-9-7;1-7(2,3)9-5-4-8-6-9/h2*4-7H,1-3H3;4-6,9H,1-3H3;3*4-6H,1-3H3. The van der Waals surface area contributed by atoms with Crippen molar-refractivity contribution in [3.8, 4) is 0 Å². The van der Waals surface area contributed by atoms with Gasteiger partial charge in [0.2, 0.25) is 0 Å². The minimum atomic E-state index is 0.156. The highest BCUT2D eigenvalue weighted by molar-refractivity contribution is 7.10. The number of thiophene rings is 1. The van der Waals surface area contributed by atoms with Crippen LogP contribution in [0.4, 0.5) is 0 Å². The molecule has 0 spiro atoms. The summed E-state index contributed by atoms with van der Waals surface area (Å²) in [5.41, 5.74) is 5.34. The van der Waals surface area contributed by atoms with Gasteiger partial charge in [-0.25, -0.2) is 4.98 Å². The molecule has 0 unspecified atom stereocenters. The van der Waals surface area contributed by atoms with Gasteiger partial charge in [0.15, 0.2) is 0 Å². The molecule has 0 aromatic carbocycles. The molecule has 0 amide bonds. The molecular weight excluding hydrogens is 707 g/mol. The molecule has 0 fully saturated rings. The van der Waals surface area contributed by atoms with Gasteiger partial charge in [0.05, 0.1) is 12.6 Å². The lowest BCUT2D eigenvalue weighted by molar-refractivity contribution is 0.396. The van der Waals surface area contributed by atoms with Gasteiger partial charge in [-0.2, -0.15) is 0 Å². The number of hydrogen-bond acceptors (Lipinski definition) is 5. The Morgan fingerprint density at radius 3 is 1.41 bits per heavy atom. The molecule has 0 aliphatic carbocycles. The zero-order valence-electron chi connectivity index (χ0n) is 38.2. The van der Waals surface area contributed by atoms with E-state index in [1.165, 1.54) is 21.7 Å². The van der Waals surface area contributed by atoms with E-state index >= 15 is 0 Å². The molecule has 6 aromatic rings. The minimum Gasteiger partial charge on any atom is -0.469 e. The Balaban J connectivity index is 0.000000336. The van der Waals surface area contributed by atoms with Crippen molar-refractivity contribution in [3.05, 3.63) is 149 Å². The molecule has 0 bridgehead atoms. The summed E-state index contributed by atoms with van der Waals surface area (Å²) in [6.07, 6.45) is 16.7. The molecule has 0 radical (unpaired) electrons. The first kappa shape index (κ1) is 49.8. The van der Waals surface area contributed by atoms with E-state index in [1.54, 1.807) is 18.7 Å². The zero-order valence-corrected chi connectivity index (χ0v) is 39.0. The van der Waals surface area contributed by atoms with E-state index in [1.807, 2.05) is 72.9 Å². The number of aromatic nitrogens is 5. The smallest absolute Gasteiger partial charge is 0.109 e. The number of furan rings is 1. The van der Waals surface area contributed by atoms with Crippen molar-refractivity contribution in [1.29, 1.82) is 0 Å². The third kappa shape index (κ3) is 20.6. The summed E-state index contributed by atoms with van der Waals surface area (Å²) < 4.78 is 7.27. The van der Waals surface area contributed by atoms with E-state index in [-0.39, 0.29) is 27.2 Å². The van der Waals surface area contributed by atoms with Crippen LogP contribution in [0.25, 0.3) is 0 Å².